The van der Waals surface area contributed by atoms with Gasteiger partial charge in [0.05, 0.1) is 17.9 Å². The fraction of sp³-hybridized carbons (Fsp3) is 0.438. The Kier molecular flexibility index (Phi) is 3.48. The number of ether oxygens (including phenoxy) is 1. The molecule has 2 fully saturated rings. The molecule has 2 aromatic rings. The lowest BCUT2D eigenvalue weighted by molar-refractivity contribution is -0.0877. The van der Waals surface area contributed by atoms with Crippen LogP contribution in [-0.2, 0) is 4.74 Å². The highest BCUT2D eigenvalue weighted by Crippen LogP contribution is 2.23. The highest BCUT2D eigenvalue weighted by molar-refractivity contribution is 5.58. The summed E-state index contributed by atoms with van der Waals surface area (Å²) in [4.78, 5) is 8.74. The first-order chi connectivity index (χ1) is 10.8. The van der Waals surface area contributed by atoms with Gasteiger partial charge in [-0.3, -0.25) is 4.98 Å². The smallest absolute Gasteiger partial charge is 0.151 e. The Hall–Kier alpha value is -2.05. The molecule has 0 saturated carbocycles. The van der Waals surface area contributed by atoms with E-state index < -0.39 is 0 Å². The molecular weight excluding hydrogens is 278 g/mol. The van der Waals surface area contributed by atoms with Crippen LogP contribution in [0.25, 0.3) is 11.3 Å². The van der Waals surface area contributed by atoms with Gasteiger partial charge < -0.3 is 14.5 Å². The van der Waals surface area contributed by atoms with E-state index in [2.05, 4.69) is 32.0 Å². The van der Waals surface area contributed by atoms with Crippen molar-refractivity contribution in [2.24, 2.45) is 0 Å². The molecule has 0 N–H and O–H groups in total. The van der Waals surface area contributed by atoms with Crippen molar-refractivity contribution in [3.8, 4) is 11.3 Å². The summed E-state index contributed by atoms with van der Waals surface area (Å²) < 4.78 is 6.00. The van der Waals surface area contributed by atoms with E-state index >= 15 is 0 Å². The number of aromatic nitrogens is 3. The number of nitrogens with zero attached hydrogens (tertiary/aromatic N) is 5. The molecule has 2 aliphatic rings. The molecule has 2 bridgehead atoms. The summed E-state index contributed by atoms with van der Waals surface area (Å²) in [5.41, 5.74) is 1.84. The van der Waals surface area contributed by atoms with Crippen LogP contribution in [0.1, 0.15) is 0 Å². The third-order valence-corrected chi connectivity index (χ3v) is 4.20. The van der Waals surface area contributed by atoms with E-state index in [1.807, 2.05) is 24.3 Å². The van der Waals surface area contributed by atoms with Crippen molar-refractivity contribution in [3.05, 3.63) is 36.7 Å². The van der Waals surface area contributed by atoms with Gasteiger partial charge in [0.25, 0.3) is 0 Å². The molecule has 2 aromatic heterocycles. The van der Waals surface area contributed by atoms with Gasteiger partial charge in [-0.15, -0.1) is 10.2 Å². The summed E-state index contributed by atoms with van der Waals surface area (Å²) in [6.07, 6.45) is 4.09. The van der Waals surface area contributed by atoms with Gasteiger partial charge in [0.2, 0.25) is 0 Å². The molecule has 0 spiro atoms. The van der Waals surface area contributed by atoms with Crippen molar-refractivity contribution >= 4 is 5.82 Å². The molecule has 114 valence electrons. The maximum atomic E-state index is 6.00. The minimum Gasteiger partial charge on any atom is -0.369 e. The Morgan fingerprint density at radius 3 is 2.50 bits per heavy atom. The Bertz CT molecular complexity index is 615. The van der Waals surface area contributed by atoms with Crippen LogP contribution in [0.3, 0.4) is 0 Å². The van der Waals surface area contributed by atoms with Crippen molar-refractivity contribution in [2.45, 2.75) is 12.2 Å². The quantitative estimate of drug-likeness (QED) is 0.826. The third kappa shape index (κ3) is 2.67. The van der Waals surface area contributed by atoms with Crippen LogP contribution >= 0.6 is 0 Å². The maximum Gasteiger partial charge on any atom is 0.151 e. The molecule has 0 aromatic carbocycles. The predicted octanol–water partition coefficient (Wildman–Crippen LogP) is 1.06. The molecule has 6 heteroatoms. The highest BCUT2D eigenvalue weighted by atomic mass is 16.5. The van der Waals surface area contributed by atoms with Gasteiger partial charge >= 0.3 is 0 Å². The van der Waals surface area contributed by atoms with Crippen LogP contribution in [0.2, 0.25) is 0 Å². The Balaban J connectivity index is 1.52. The SMILES string of the molecule is CN1CC2CN(c3ccc(-c4cccnc4)nn3)CC(C1)O2. The minimum atomic E-state index is 0.261. The number of pyridine rings is 1. The first-order valence-corrected chi connectivity index (χ1v) is 7.61. The molecule has 22 heavy (non-hydrogen) atoms. The first-order valence-electron chi connectivity index (χ1n) is 7.61. The number of anilines is 1. The second-order valence-corrected chi connectivity index (χ2v) is 6.02. The molecule has 6 nitrogen and oxygen atoms in total. The Morgan fingerprint density at radius 2 is 1.86 bits per heavy atom. The average Bonchev–Trinajstić information content (AvgIpc) is 2.55. The lowest BCUT2D eigenvalue weighted by atomic mass is 10.1. The Morgan fingerprint density at radius 1 is 1.05 bits per heavy atom. The molecule has 0 amide bonds. The van der Waals surface area contributed by atoms with Gasteiger partial charge in [-0.25, -0.2) is 0 Å². The number of morpholine rings is 2. The number of hydrogen-bond donors (Lipinski definition) is 0. The van der Waals surface area contributed by atoms with Crippen molar-refractivity contribution < 1.29 is 4.74 Å². The third-order valence-electron chi connectivity index (χ3n) is 4.20. The van der Waals surface area contributed by atoms with E-state index in [0.29, 0.717) is 0 Å². The fourth-order valence-electron chi connectivity index (χ4n) is 3.24. The molecule has 2 unspecified atom stereocenters. The van der Waals surface area contributed by atoms with Gasteiger partial charge in [-0.2, -0.15) is 0 Å². The number of hydrogen-bond acceptors (Lipinski definition) is 6. The zero-order valence-electron chi connectivity index (χ0n) is 12.6. The van der Waals surface area contributed by atoms with Crippen LogP contribution in [0.4, 0.5) is 5.82 Å². The monoisotopic (exact) mass is 297 g/mol. The van der Waals surface area contributed by atoms with E-state index in [9.17, 15) is 0 Å². The van der Waals surface area contributed by atoms with Gasteiger partial charge in [0.1, 0.15) is 0 Å². The van der Waals surface area contributed by atoms with Gasteiger partial charge in [-0.05, 0) is 31.3 Å². The zero-order valence-corrected chi connectivity index (χ0v) is 12.6. The molecule has 2 aliphatic heterocycles. The van der Waals surface area contributed by atoms with E-state index in [-0.39, 0.29) is 12.2 Å². The largest absolute Gasteiger partial charge is 0.369 e. The van der Waals surface area contributed by atoms with Crippen LogP contribution in [0, 0.1) is 0 Å². The lowest BCUT2D eigenvalue weighted by Gasteiger charge is -2.45. The van der Waals surface area contributed by atoms with E-state index in [1.165, 1.54) is 0 Å². The van der Waals surface area contributed by atoms with Gasteiger partial charge in [0, 0.05) is 44.1 Å². The van der Waals surface area contributed by atoms with Crippen molar-refractivity contribution in [1.29, 1.82) is 0 Å². The molecule has 2 saturated heterocycles. The summed E-state index contributed by atoms with van der Waals surface area (Å²) in [5, 5.41) is 8.75. The van der Waals surface area contributed by atoms with E-state index in [0.717, 1.165) is 43.3 Å². The summed E-state index contributed by atoms with van der Waals surface area (Å²) in [6, 6.07) is 7.95. The fourth-order valence-corrected chi connectivity index (χ4v) is 3.24. The summed E-state index contributed by atoms with van der Waals surface area (Å²) in [7, 11) is 2.15. The van der Waals surface area contributed by atoms with Crippen molar-refractivity contribution in [1.82, 2.24) is 20.1 Å². The van der Waals surface area contributed by atoms with E-state index in [1.54, 1.807) is 12.4 Å². The normalized spacial score (nSPS) is 25.2. The summed E-state index contributed by atoms with van der Waals surface area (Å²) in [5.74, 6) is 0.926. The predicted molar refractivity (Wildman–Crippen MR) is 83.6 cm³/mol. The van der Waals surface area contributed by atoms with Gasteiger partial charge in [0.15, 0.2) is 5.82 Å². The maximum absolute atomic E-state index is 6.00. The van der Waals surface area contributed by atoms with Crippen molar-refractivity contribution in [2.75, 3.05) is 38.1 Å². The minimum absolute atomic E-state index is 0.261. The number of likely N-dealkylation sites (N-methyl/N-ethyl adjacent to an activating group) is 1. The second kappa shape index (κ2) is 5.62. The Labute approximate surface area is 129 Å². The van der Waals surface area contributed by atoms with Crippen LogP contribution in [0.15, 0.2) is 36.7 Å². The van der Waals surface area contributed by atoms with E-state index in [4.69, 9.17) is 4.74 Å². The van der Waals surface area contributed by atoms with Gasteiger partial charge in [-0.1, -0.05) is 0 Å². The molecule has 0 radical (unpaired) electrons. The second-order valence-electron chi connectivity index (χ2n) is 6.02. The topological polar surface area (TPSA) is 54.4 Å². The summed E-state index contributed by atoms with van der Waals surface area (Å²) >= 11 is 0. The average molecular weight is 297 g/mol. The zero-order chi connectivity index (χ0) is 14.9. The first kappa shape index (κ1) is 13.6. The molecule has 4 heterocycles. The molecule has 0 aliphatic carbocycles. The molecule has 4 rings (SSSR count). The number of fused-ring (bicyclic) bond motifs is 2. The molecule has 2 atom stereocenters. The van der Waals surface area contributed by atoms with Crippen LogP contribution in [-0.4, -0.2) is 65.5 Å². The van der Waals surface area contributed by atoms with Crippen LogP contribution < -0.4 is 4.90 Å². The standard InChI is InChI=1S/C16H19N5O/c1-20-8-13-10-21(11-14(9-20)22-13)16-5-4-15(18-19-16)12-3-2-6-17-7-12/h2-7,13-14H,8-11H2,1H3. The van der Waals surface area contributed by atoms with Crippen molar-refractivity contribution in [3.63, 3.8) is 0 Å². The lowest BCUT2D eigenvalue weighted by Crippen LogP contribution is -2.58. The molecular formula is C16H19N5O. The summed E-state index contributed by atoms with van der Waals surface area (Å²) in [6.45, 7) is 3.71. The number of rotatable bonds is 2. The van der Waals surface area contributed by atoms with Crippen LogP contribution in [0.5, 0.6) is 0 Å². The highest BCUT2D eigenvalue weighted by Gasteiger charge is 2.34.